The van der Waals surface area contributed by atoms with Crippen LogP contribution in [0, 0.1) is 0 Å². The van der Waals surface area contributed by atoms with Gasteiger partial charge in [0.25, 0.3) is 0 Å². The average molecular weight is 600 g/mol. The van der Waals surface area contributed by atoms with Gasteiger partial charge in [-0.1, -0.05) is 42.5 Å². The predicted octanol–water partition coefficient (Wildman–Crippen LogP) is 8.63. The number of hydrogen-bond donors (Lipinski definition) is 2. The zero-order valence-electron chi connectivity index (χ0n) is 22.7. The first kappa shape index (κ1) is 30.0. The fraction of sp³-hybridized carbons (Fsp3) is 0.212. The average Bonchev–Trinajstić information content (AvgIpc) is 2.99. The van der Waals surface area contributed by atoms with Crippen molar-refractivity contribution in [3.8, 4) is 28.4 Å². The Balaban J connectivity index is 1.59. The Kier molecular flexibility index (Phi) is 8.68. The first-order valence-electron chi connectivity index (χ1n) is 13.4. The highest BCUT2D eigenvalue weighted by atomic mass is 19.4. The molecule has 1 aliphatic rings. The summed E-state index contributed by atoms with van der Waals surface area (Å²) in [4.78, 5) is 0. The summed E-state index contributed by atoms with van der Waals surface area (Å²) in [5, 5.41) is 13.1. The second-order valence-corrected chi connectivity index (χ2v) is 9.96. The van der Waals surface area contributed by atoms with Gasteiger partial charge in [-0.2, -0.15) is 26.3 Å². The molecule has 0 radical (unpaired) electrons. The minimum Gasteiger partial charge on any atom is -0.508 e. The molecule has 4 aromatic rings. The molecule has 10 heteroatoms. The maximum Gasteiger partial charge on any atom is 0.419 e. The van der Waals surface area contributed by atoms with E-state index < -0.39 is 23.5 Å². The highest BCUT2D eigenvalue weighted by Gasteiger charge is 2.35. The molecule has 43 heavy (non-hydrogen) atoms. The van der Waals surface area contributed by atoms with Crippen molar-refractivity contribution in [3.63, 3.8) is 0 Å². The zero-order chi connectivity index (χ0) is 30.6. The third-order valence-electron chi connectivity index (χ3n) is 7.07. The van der Waals surface area contributed by atoms with Crippen LogP contribution in [0.5, 0.6) is 17.2 Å². The van der Waals surface area contributed by atoms with Crippen LogP contribution in [0.4, 0.5) is 26.3 Å². The molecule has 0 aromatic heterocycles. The van der Waals surface area contributed by atoms with E-state index in [0.29, 0.717) is 47.3 Å². The summed E-state index contributed by atoms with van der Waals surface area (Å²) in [6.07, 6.45) is -6.63. The highest BCUT2D eigenvalue weighted by molar-refractivity contribution is 5.76. The Bertz CT molecular complexity index is 1610. The molecule has 0 saturated carbocycles. The topological polar surface area (TPSA) is 50.7 Å². The quantitative estimate of drug-likeness (QED) is 0.199. The van der Waals surface area contributed by atoms with Crippen LogP contribution >= 0.6 is 0 Å². The molecule has 4 aromatic carbocycles. The molecular formula is C33H27F6NO3. The van der Waals surface area contributed by atoms with Crippen LogP contribution in [0.3, 0.4) is 0 Å². The number of ether oxygens (including phenoxy) is 2. The summed E-state index contributed by atoms with van der Waals surface area (Å²) >= 11 is 0. The van der Waals surface area contributed by atoms with Gasteiger partial charge in [0.05, 0.1) is 11.1 Å². The summed E-state index contributed by atoms with van der Waals surface area (Å²) in [5.74, 6) is -0.627. The minimum absolute atomic E-state index is 0.0180. The van der Waals surface area contributed by atoms with Crippen LogP contribution in [-0.4, -0.2) is 18.2 Å². The van der Waals surface area contributed by atoms with Gasteiger partial charge >= 0.3 is 12.4 Å². The summed E-state index contributed by atoms with van der Waals surface area (Å²) in [5.41, 5.74) is 2.17. The van der Waals surface area contributed by atoms with Gasteiger partial charge < -0.3 is 19.9 Å². The van der Waals surface area contributed by atoms with Crippen LogP contribution in [0.15, 0.2) is 91.0 Å². The van der Waals surface area contributed by atoms with Crippen LogP contribution in [-0.2, 0) is 25.6 Å². The first-order valence-corrected chi connectivity index (χ1v) is 13.4. The Morgan fingerprint density at radius 1 is 0.674 bits per heavy atom. The lowest BCUT2D eigenvalue weighted by Crippen LogP contribution is -2.20. The lowest BCUT2D eigenvalue weighted by molar-refractivity contribution is -0.139. The van der Waals surface area contributed by atoms with Crippen LogP contribution in [0.2, 0.25) is 0 Å². The van der Waals surface area contributed by atoms with Gasteiger partial charge in [-0.3, -0.25) is 0 Å². The standard InChI is InChI=1S/C33H27F6NO3/c34-32(35,36)28-5-1-3-7-30(28)42-19-23-18-27(22-13-15-40-16-14-22)24(17-26(23)21-9-11-25(41)12-10-21)20-43-31-8-4-2-6-29(31)33(37,38)39/h1-13,17-18,40-41H,14-16,19-20H2. The lowest BCUT2D eigenvalue weighted by Gasteiger charge is -2.22. The van der Waals surface area contributed by atoms with Crippen molar-refractivity contribution in [1.29, 1.82) is 0 Å². The number of halogens is 6. The lowest BCUT2D eigenvalue weighted by atomic mass is 9.89. The number of benzene rings is 4. The van der Waals surface area contributed by atoms with Gasteiger partial charge in [0.15, 0.2) is 0 Å². The molecule has 2 N–H and O–H groups in total. The third kappa shape index (κ3) is 7.14. The van der Waals surface area contributed by atoms with E-state index in [4.69, 9.17) is 9.47 Å². The van der Waals surface area contributed by atoms with Crippen molar-refractivity contribution in [3.05, 3.63) is 119 Å². The molecule has 0 amide bonds. The molecule has 0 saturated heterocycles. The third-order valence-corrected chi connectivity index (χ3v) is 7.07. The molecule has 0 unspecified atom stereocenters. The number of nitrogens with one attached hydrogen (secondary N) is 1. The smallest absolute Gasteiger partial charge is 0.419 e. The Labute approximate surface area is 244 Å². The van der Waals surface area contributed by atoms with Crippen LogP contribution in [0.1, 0.15) is 34.2 Å². The number of rotatable bonds is 8. The van der Waals surface area contributed by atoms with E-state index >= 15 is 0 Å². The first-order chi connectivity index (χ1) is 20.5. The van der Waals surface area contributed by atoms with Gasteiger partial charge in [-0.15, -0.1) is 0 Å². The molecule has 0 atom stereocenters. The van der Waals surface area contributed by atoms with E-state index in [2.05, 4.69) is 5.32 Å². The number of hydrogen-bond acceptors (Lipinski definition) is 4. The van der Waals surface area contributed by atoms with Gasteiger partial charge in [0.2, 0.25) is 0 Å². The normalized spacial score (nSPS) is 13.9. The van der Waals surface area contributed by atoms with E-state index in [9.17, 15) is 31.4 Å². The van der Waals surface area contributed by atoms with Crippen LogP contribution in [0.25, 0.3) is 16.7 Å². The molecule has 1 aliphatic heterocycles. The molecule has 4 nitrogen and oxygen atoms in total. The highest BCUT2D eigenvalue weighted by Crippen LogP contribution is 2.39. The van der Waals surface area contributed by atoms with Gasteiger partial charge in [-0.05, 0) is 94.9 Å². The van der Waals surface area contributed by atoms with E-state index in [1.165, 1.54) is 48.5 Å². The molecule has 0 fully saturated rings. The maximum atomic E-state index is 13.6. The minimum atomic E-state index is -4.62. The fourth-order valence-corrected chi connectivity index (χ4v) is 4.97. The van der Waals surface area contributed by atoms with E-state index in [0.717, 1.165) is 17.7 Å². The van der Waals surface area contributed by atoms with Crippen molar-refractivity contribution in [1.82, 2.24) is 5.32 Å². The van der Waals surface area contributed by atoms with E-state index in [1.54, 1.807) is 24.3 Å². The van der Waals surface area contributed by atoms with Crippen LogP contribution < -0.4 is 14.8 Å². The van der Waals surface area contributed by atoms with Crippen molar-refractivity contribution >= 4 is 5.57 Å². The van der Waals surface area contributed by atoms with Crippen molar-refractivity contribution in [2.24, 2.45) is 0 Å². The molecule has 1 heterocycles. The molecule has 0 aliphatic carbocycles. The molecular weight excluding hydrogens is 572 g/mol. The van der Waals surface area contributed by atoms with Gasteiger partial charge in [0.1, 0.15) is 30.5 Å². The molecule has 0 bridgehead atoms. The van der Waals surface area contributed by atoms with E-state index in [-0.39, 0.29) is 30.5 Å². The molecule has 0 spiro atoms. The number of para-hydroxylation sites is 2. The fourth-order valence-electron chi connectivity index (χ4n) is 4.97. The number of aromatic hydroxyl groups is 1. The number of alkyl halides is 6. The Morgan fingerprint density at radius 3 is 1.70 bits per heavy atom. The molecule has 224 valence electrons. The largest absolute Gasteiger partial charge is 0.508 e. The summed E-state index contributed by atoms with van der Waals surface area (Å²) in [7, 11) is 0. The van der Waals surface area contributed by atoms with Gasteiger partial charge in [0, 0.05) is 6.54 Å². The summed E-state index contributed by atoms with van der Waals surface area (Å²) in [6, 6.07) is 19.7. The number of phenols is 1. The second-order valence-electron chi connectivity index (χ2n) is 9.96. The van der Waals surface area contributed by atoms with E-state index in [1.807, 2.05) is 6.08 Å². The SMILES string of the molecule is Oc1ccc(-c2cc(COc3ccccc3C(F)(F)F)c(C3=CCNCC3)cc2COc2ccccc2C(F)(F)F)cc1. The van der Waals surface area contributed by atoms with Crippen molar-refractivity contribution in [2.75, 3.05) is 13.1 Å². The number of phenolic OH excluding ortho intramolecular Hbond substituents is 1. The van der Waals surface area contributed by atoms with Crippen molar-refractivity contribution in [2.45, 2.75) is 32.0 Å². The van der Waals surface area contributed by atoms with Gasteiger partial charge in [-0.25, -0.2) is 0 Å². The Morgan fingerprint density at radius 2 is 1.19 bits per heavy atom. The second kappa shape index (κ2) is 12.4. The maximum absolute atomic E-state index is 13.6. The zero-order valence-corrected chi connectivity index (χ0v) is 22.7. The summed E-state index contributed by atoms with van der Waals surface area (Å²) in [6.45, 7) is 0.834. The summed E-state index contributed by atoms with van der Waals surface area (Å²) < 4.78 is 93.3. The van der Waals surface area contributed by atoms with Crippen molar-refractivity contribution < 1.29 is 40.9 Å². The molecule has 5 rings (SSSR count). The Hall–Kier alpha value is -4.44. The monoisotopic (exact) mass is 599 g/mol. The predicted molar refractivity (Wildman–Crippen MR) is 151 cm³/mol.